The van der Waals surface area contributed by atoms with E-state index in [-0.39, 0.29) is 24.4 Å². The van der Waals surface area contributed by atoms with Gasteiger partial charge in [-0.2, -0.15) is 5.10 Å². The van der Waals surface area contributed by atoms with Gasteiger partial charge in [-0.3, -0.25) is 9.89 Å². The van der Waals surface area contributed by atoms with Crippen LogP contribution in [0.2, 0.25) is 0 Å². The zero-order valence-electron chi connectivity index (χ0n) is 15.1. The number of benzene rings is 1. The highest BCUT2D eigenvalue weighted by molar-refractivity contribution is 5.80. The normalized spacial score (nSPS) is 17.0. The molecule has 1 fully saturated rings. The summed E-state index contributed by atoms with van der Waals surface area (Å²) in [7, 11) is 3.44. The molecule has 138 valence electrons. The summed E-state index contributed by atoms with van der Waals surface area (Å²) in [5, 5.41) is 9.94. The van der Waals surface area contributed by atoms with Gasteiger partial charge in [-0.25, -0.2) is 9.78 Å². The molecule has 1 aliphatic rings. The minimum absolute atomic E-state index is 0.0507. The molecule has 1 aromatic heterocycles. The molecule has 1 atom stereocenters. The Morgan fingerprint density at radius 1 is 1.31 bits per heavy atom. The van der Waals surface area contributed by atoms with E-state index in [0.717, 1.165) is 18.4 Å². The van der Waals surface area contributed by atoms with Gasteiger partial charge in [0.15, 0.2) is 5.82 Å². The summed E-state index contributed by atoms with van der Waals surface area (Å²) in [5.41, 5.74) is 0.923. The second-order valence-corrected chi connectivity index (χ2v) is 6.65. The van der Waals surface area contributed by atoms with Crippen molar-refractivity contribution in [3.8, 4) is 11.4 Å². The summed E-state index contributed by atoms with van der Waals surface area (Å²) in [6, 6.07) is 9.61. The number of amides is 3. The smallest absolute Gasteiger partial charge is 0.319 e. The molecule has 1 aromatic carbocycles. The van der Waals surface area contributed by atoms with Crippen molar-refractivity contribution in [1.82, 2.24) is 30.3 Å². The zero-order valence-corrected chi connectivity index (χ0v) is 15.1. The van der Waals surface area contributed by atoms with Crippen molar-refractivity contribution in [2.24, 2.45) is 5.92 Å². The molecule has 2 heterocycles. The molecule has 8 nitrogen and oxygen atoms in total. The highest BCUT2D eigenvalue weighted by atomic mass is 16.2. The van der Waals surface area contributed by atoms with E-state index in [0.29, 0.717) is 24.7 Å². The monoisotopic (exact) mass is 356 g/mol. The maximum absolute atomic E-state index is 12.5. The van der Waals surface area contributed by atoms with Gasteiger partial charge in [-0.15, -0.1) is 0 Å². The fourth-order valence-electron chi connectivity index (χ4n) is 3.05. The molecule has 0 saturated carbocycles. The topological polar surface area (TPSA) is 94.2 Å². The number of nitrogens with zero attached hydrogens (tertiary/aromatic N) is 4. The summed E-state index contributed by atoms with van der Waals surface area (Å²) in [6.07, 6.45) is 1.62. The Hall–Kier alpha value is -2.90. The van der Waals surface area contributed by atoms with Gasteiger partial charge in [-0.1, -0.05) is 30.3 Å². The molecule has 8 heteroatoms. The predicted octanol–water partition coefficient (Wildman–Crippen LogP) is 1.48. The molecule has 1 saturated heterocycles. The van der Waals surface area contributed by atoms with Crippen LogP contribution in [0.25, 0.3) is 11.4 Å². The van der Waals surface area contributed by atoms with Crippen molar-refractivity contribution in [2.75, 3.05) is 27.2 Å². The van der Waals surface area contributed by atoms with Crippen molar-refractivity contribution in [2.45, 2.75) is 19.4 Å². The SMILES string of the molecule is CN(C)C(=O)N1CCCC(C(=O)NCc2nc(-c3ccccc3)n[nH]2)C1. The standard InChI is InChI=1S/C18H24N6O2/c1-23(2)18(26)24-10-6-9-14(12-24)17(25)19-11-15-20-16(22-21-15)13-7-4-3-5-8-13/h3-5,7-8,14H,6,9-12H2,1-2H3,(H,19,25)(H,20,21,22). The Kier molecular flexibility index (Phi) is 5.50. The molecule has 2 N–H and O–H groups in total. The minimum Gasteiger partial charge on any atom is -0.349 e. The second kappa shape index (κ2) is 7.99. The van der Waals surface area contributed by atoms with E-state index >= 15 is 0 Å². The molecular weight excluding hydrogens is 332 g/mol. The minimum atomic E-state index is -0.191. The lowest BCUT2D eigenvalue weighted by atomic mass is 9.97. The van der Waals surface area contributed by atoms with Gasteiger partial charge < -0.3 is 15.1 Å². The molecule has 0 bridgehead atoms. The Balaban J connectivity index is 1.54. The van der Waals surface area contributed by atoms with Crippen LogP contribution in [0.3, 0.4) is 0 Å². The van der Waals surface area contributed by atoms with Gasteiger partial charge in [0.25, 0.3) is 0 Å². The number of urea groups is 1. The third-order valence-electron chi connectivity index (χ3n) is 4.44. The molecule has 3 rings (SSSR count). The zero-order chi connectivity index (χ0) is 18.5. The number of aromatic amines is 1. The van der Waals surface area contributed by atoms with Gasteiger partial charge in [-0.05, 0) is 12.8 Å². The Labute approximate surface area is 152 Å². The Bertz CT molecular complexity index is 758. The highest BCUT2D eigenvalue weighted by Gasteiger charge is 2.29. The van der Waals surface area contributed by atoms with E-state index in [4.69, 9.17) is 0 Å². The average Bonchev–Trinajstić information content (AvgIpc) is 3.15. The first kappa shape index (κ1) is 17.9. The highest BCUT2D eigenvalue weighted by Crippen LogP contribution is 2.18. The van der Waals surface area contributed by atoms with E-state index in [1.165, 1.54) is 0 Å². The second-order valence-electron chi connectivity index (χ2n) is 6.65. The van der Waals surface area contributed by atoms with E-state index in [9.17, 15) is 9.59 Å². The lowest BCUT2D eigenvalue weighted by molar-refractivity contribution is -0.126. The van der Waals surface area contributed by atoms with Crippen LogP contribution in [-0.4, -0.2) is 64.1 Å². The number of aromatic nitrogens is 3. The number of carbonyl (C=O) groups excluding carboxylic acids is 2. The largest absolute Gasteiger partial charge is 0.349 e. The van der Waals surface area contributed by atoms with E-state index in [1.807, 2.05) is 30.3 Å². The van der Waals surface area contributed by atoms with Gasteiger partial charge in [0.05, 0.1) is 12.5 Å². The van der Waals surface area contributed by atoms with Crippen LogP contribution in [0.4, 0.5) is 4.79 Å². The van der Waals surface area contributed by atoms with Crippen LogP contribution in [-0.2, 0) is 11.3 Å². The first-order valence-corrected chi connectivity index (χ1v) is 8.75. The lowest BCUT2D eigenvalue weighted by Gasteiger charge is -2.33. The molecule has 0 aliphatic carbocycles. The van der Waals surface area contributed by atoms with Crippen LogP contribution < -0.4 is 5.32 Å². The van der Waals surface area contributed by atoms with Crippen LogP contribution >= 0.6 is 0 Å². The summed E-state index contributed by atoms with van der Waals surface area (Å²) in [5.74, 6) is 0.965. The van der Waals surface area contributed by atoms with Crippen molar-refractivity contribution >= 4 is 11.9 Å². The van der Waals surface area contributed by atoms with Gasteiger partial charge in [0.1, 0.15) is 5.82 Å². The van der Waals surface area contributed by atoms with Gasteiger partial charge in [0, 0.05) is 32.7 Å². The van der Waals surface area contributed by atoms with E-state index < -0.39 is 0 Å². The molecule has 1 unspecified atom stereocenters. The first-order chi connectivity index (χ1) is 12.5. The maximum Gasteiger partial charge on any atom is 0.319 e. The third-order valence-corrected chi connectivity index (χ3v) is 4.44. The Morgan fingerprint density at radius 2 is 2.08 bits per heavy atom. The number of rotatable bonds is 4. The number of hydrogen-bond donors (Lipinski definition) is 2. The van der Waals surface area contributed by atoms with Crippen LogP contribution in [0.15, 0.2) is 30.3 Å². The van der Waals surface area contributed by atoms with E-state index in [1.54, 1.807) is 23.9 Å². The summed E-state index contributed by atoms with van der Waals surface area (Å²) in [4.78, 5) is 32.2. The number of nitrogens with one attached hydrogen (secondary N) is 2. The quantitative estimate of drug-likeness (QED) is 0.868. The van der Waals surface area contributed by atoms with Gasteiger partial charge in [0.2, 0.25) is 5.91 Å². The first-order valence-electron chi connectivity index (χ1n) is 8.75. The van der Waals surface area contributed by atoms with Crippen LogP contribution in [0.5, 0.6) is 0 Å². The molecule has 0 radical (unpaired) electrons. The van der Waals surface area contributed by atoms with Gasteiger partial charge >= 0.3 is 6.03 Å². The van der Waals surface area contributed by atoms with Crippen LogP contribution in [0.1, 0.15) is 18.7 Å². The van der Waals surface area contributed by atoms with E-state index in [2.05, 4.69) is 20.5 Å². The van der Waals surface area contributed by atoms with Crippen molar-refractivity contribution < 1.29 is 9.59 Å². The molecule has 3 amide bonds. The number of piperidine rings is 1. The summed E-state index contributed by atoms with van der Waals surface area (Å²) in [6.45, 7) is 1.44. The fraction of sp³-hybridized carbons (Fsp3) is 0.444. The summed E-state index contributed by atoms with van der Waals surface area (Å²) < 4.78 is 0. The fourth-order valence-corrected chi connectivity index (χ4v) is 3.05. The third kappa shape index (κ3) is 4.19. The number of H-pyrrole nitrogens is 1. The molecule has 26 heavy (non-hydrogen) atoms. The van der Waals surface area contributed by atoms with Crippen LogP contribution in [0, 0.1) is 5.92 Å². The number of hydrogen-bond acceptors (Lipinski definition) is 4. The lowest BCUT2D eigenvalue weighted by Crippen LogP contribution is -2.48. The number of carbonyl (C=O) groups is 2. The van der Waals surface area contributed by atoms with Crippen molar-refractivity contribution in [3.05, 3.63) is 36.2 Å². The summed E-state index contributed by atoms with van der Waals surface area (Å²) >= 11 is 0. The Morgan fingerprint density at radius 3 is 2.81 bits per heavy atom. The van der Waals surface area contributed by atoms with Crippen molar-refractivity contribution in [3.63, 3.8) is 0 Å². The number of likely N-dealkylation sites (tertiary alicyclic amines) is 1. The molecular formula is C18H24N6O2. The predicted molar refractivity (Wildman–Crippen MR) is 97.0 cm³/mol. The van der Waals surface area contributed by atoms with Crippen molar-refractivity contribution in [1.29, 1.82) is 0 Å². The average molecular weight is 356 g/mol. The maximum atomic E-state index is 12.5. The molecule has 2 aromatic rings. The molecule has 1 aliphatic heterocycles. The molecule has 0 spiro atoms.